The van der Waals surface area contributed by atoms with Crippen LogP contribution in [0.1, 0.15) is 32.3 Å². The summed E-state index contributed by atoms with van der Waals surface area (Å²) in [4.78, 5) is 0. The van der Waals surface area contributed by atoms with Gasteiger partial charge in [0.2, 0.25) is 0 Å². The maximum absolute atomic E-state index is 10.1. The van der Waals surface area contributed by atoms with Crippen molar-refractivity contribution in [3.05, 3.63) is 29.8 Å². The molecule has 1 heterocycles. The molecule has 2 rings (SSSR count). The number of hydrogen-bond acceptors (Lipinski definition) is 2. The van der Waals surface area contributed by atoms with Crippen molar-refractivity contribution >= 4 is 0 Å². The van der Waals surface area contributed by atoms with Gasteiger partial charge in [0, 0.05) is 5.56 Å². The average molecular weight is 192 g/mol. The van der Waals surface area contributed by atoms with E-state index in [2.05, 4.69) is 0 Å². The Morgan fingerprint density at radius 1 is 1.29 bits per heavy atom. The lowest BCUT2D eigenvalue weighted by Gasteiger charge is -2.28. The van der Waals surface area contributed by atoms with Crippen molar-refractivity contribution in [1.82, 2.24) is 0 Å². The van der Waals surface area contributed by atoms with Crippen LogP contribution >= 0.6 is 0 Å². The Balaban J connectivity index is 2.45. The largest absolute Gasteiger partial charge is 0.490 e. The third kappa shape index (κ3) is 1.40. The van der Waals surface area contributed by atoms with E-state index in [-0.39, 0.29) is 12.0 Å². The summed E-state index contributed by atoms with van der Waals surface area (Å²) in [6, 6.07) is 7.93. The van der Waals surface area contributed by atoms with Crippen molar-refractivity contribution in [3.8, 4) is 5.75 Å². The molecule has 1 aliphatic rings. The molecule has 0 bridgehead atoms. The first-order chi connectivity index (χ1) is 6.50. The van der Waals surface area contributed by atoms with Crippen molar-refractivity contribution in [2.24, 2.45) is 0 Å². The van der Waals surface area contributed by atoms with Crippen LogP contribution in [0.5, 0.6) is 5.75 Å². The Labute approximate surface area is 84.5 Å². The Morgan fingerprint density at radius 3 is 2.57 bits per heavy atom. The number of fused-ring (bicyclic) bond motifs is 1. The summed E-state index contributed by atoms with van der Waals surface area (Å²) < 4.78 is 5.69. The summed E-state index contributed by atoms with van der Waals surface area (Å²) in [7, 11) is 0. The van der Waals surface area contributed by atoms with E-state index < -0.39 is 5.60 Å². The van der Waals surface area contributed by atoms with Crippen molar-refractivity contribution in [2.45, 2.75) is 38.4 Å². The van der Waals surface area contributed by atoms with E-state index in [0.29, 0.717) is 0 Å². The predicted molar refractivity (Wildman–Crippen MR) is 55.6 cm³/mol. The van der Waals surface area contributed by atoms with Gasteiger partial charge < -0.3 is 9.84 Å². The van der Waals surface area contributed by atoms with Crippen molar-refractivity contribution in [2.75, 3.05) is 0 Å². The number of ether oxygens (including phenoxy) is 1. The first kappa shape index (κ1) is 9.53. The van der Waals surface area contributed by atoms with Gasteiger partial charge in [0.15, 0.2) is 0 Å². The zero-order chi connectivity index (χ0) is 10.3. The molecule has 2 nitrogen and oxygen atoms in total. The Kier molecular flexibility index (Phi) is 2.04. The lowest BCUT2D eigenvalue weighted by molar-refractivity contribution is 0.0211. The second-order valence-corrected chi connectivity index (χ2v) is 4.49. The van der Waals surface area contributed by atoms with E-state index in [1.807, 2.05) is 45.0 Å². The highest BCUT2D eigenvalue weighted by atomic mass is 16.5. The van der Waals surface area contributed by atoms with Gasteiger partial charge >= 0.3 is 0 Å². The molecular weight excluding hydrogens is 176 g/mol. The number of benzene rings is 1. The van der Waals surface area contributed by atoms with Crippen LogP contribution in [0.4, 0.5) is 0 Å². The van der Waals surface area contributed by atoms with Crippen LogP contribution in [0, 0.1) is 0 Å². The Hall–Kier alpha value is -1.02. The molecule has 1 aromatic rings. The van der Waals surface area contributed by atoms with Gasteiger partial charge in [0.05, 0.1) is 11.5 Å². The fourth-order valence-electron chi connectivity index (χ4n) is 2.32. The molecule has 2 atom stereocenters. The van der Waals surface area contributed by atoms with Crippen LogP contribution < -0.4 is 4.74 Å². The van der Waals surface area contributed by atoms with Gasteiger partial charge in [-0.05, 0) is 26.8 Å². The van der Waals surface area contributed by atoms with E-state index in [1.54, 1.807) is 0 Å². The quantitative estimate of drug-likeness (QED) is 0.740. The summed E-state index contributed by atoms with van der Waals surface area (Å²) in [5.41, 5.74) is 0.388. The van der Waals surface area contributed by atoms with Crippen molar-refractivity contribution in [3.63, 3.8) is 0 Å². The molecule has 0 radical (unpaired) electrons. The number of hydrogen-bond donors (Lipinski definition) is 1. The van der Waals surface area contributed by atoms with Crippen LogP contribution in [0.2, 0.25) is 0 Å². The molecule has 0 amide bonds. The summed E-state index contributed by atoms with van der Waals surface area (Å²) in [5, 5.41) is 10.1. The minimum Gasteiger partial charge on any atom is -0.490 e. The van der Waals surface area contributed by atoms with E-state index in [4.69, 9.17) is 4.74 Å². The molecule has 0 saturated heterocycles. The fraction of sp³-hybridized carbons (Fsp3) is 0.500. The normalized spacial score (nSPS) is 25.7. The third-order valence-corrected chi connectivity index (χ3v) is 2.80. The molecule has 2 heteroatoms. The van der Waals surface area contributed by atoms with E-state index >= 15 is 0 Å². The Morgan fingerprint density at radius 2 is 1.93 bits per heavy atom. The van der Waals surface area contributed by atoms with Gasteiger partial charge in [0.25, 0.3) is 0 Å². The molecule has 0 aromatic heterocycles. The second kappa shape index (κ2) is 2.99. The van der Waals surface area contributed by atoms with E-state index in [0.717, 1.165) is 11.3 Å². The van der Waals surface area contributed by atoms with Crippen LogP contribution in [-0.4, -0.2) is 16.8 Å². The predicted octanol–water partition coefficient (Wildman–Crippen LogP) is 2.32. The molecule has 76 valence electrons. The highest BCUT2D eigenvalue weighted by Gasteiger charge is 2.40. The lowest BCUT2D eigenvalue weighted by atomic mass is 9.82. The van der Waals surface area contributed by atoms with Gasteiger partial charge in [-0.25, -0.2) is 0 Å². The van der Waals surface area contributed by atoms with Crippen molar-refractivity contribution < 1.29 is 9.84 Å². The molecule has 0 saturated carbocycles. The van der Waals surface area contributed by atoms with Crippen LogP contribution in [0.15, 0.2) is 24.3 Å². The van der Waals surface area contributed by atoms with Crippen LogP contribution in [0.3, 0.4) is 0 Å². The van der Waals surface area contributed by atoms with Gasteiger partial charge in [0.1, 0.15) is 11.9 Å². The molecule has 1 N–H and O–H groups in total. The summed E-state index contributed by atoms with van der Waals surface area (Å²) in [6.45, 7) is 5.67. The molecule has 2 unspecified atom stereocenters. The molecule has 0 fully saturated rings. The van der Waals surface area contributed by atoms with Gasteiger partial charge in [-0.2, -0.15) is 0 Å². The van der Waals surface area contributed by atoms with Crippen molar-refractivity contribution in [1.29, 1.82) is 0 Å². The molecule has 1 aliphatic heterocycles. The number of rotatable bonds is 1. The summed E-state index contributed by atoms with van der Waals surface area (Å²) in [6.07, 6.45) is 0.0485. The molecule has 1 aromatic carbocycles. The first-order valence-corrected chi connectivity index (χ1v) is 4.98. The maximum Gasteiger partial charge on any atom is 0.123 e. The fourth-order valence-corrected chi connectivity index (χ4v) is 2.32. The highest BCUT2D eigenvalue weighted by Crippen LogP contribution is 2.43. The highest BCUT2D eigenvalue weighted by molar-refractivity contribution is 5.42. The summed E-state index contributed by atoms with van der Waals surface area (Å²) in [5.74, 6) is 0.978. The number of aliphatic hydroxyl groups is 1. The first-order valence-electron chi connectivity index (χ1n) is 4.98. The molecule has 14 heavy (non-hydrogen) atoms. The SMILES string of the molecule is CC1Oc2ccccc2C1C(C)(C)O. The third-order valence-electron chi connectivity index (χ3n) is 2.80. The van der Waals surface area contributed by atoms with E-state index in [1.165, 1.54) is 0 Å². The average Bonchev–Trinajstić information content (AvgIpc) is 2.38. The standard InChI is InChI=1S/C12H16O2/c1-8-11(12(2,3)13)9-6-4-5-7-10(9)14-8/h4-8,11,13H,1-3H3. The lowest BCUT2D eigenvalue weighted by Crippen LogP contribution is -2.34. The second-order valence-electron chi connectivity index (χ2n) is 4.49. The maximum atomic E-state index is 10.1. The Bertz CT molecular complexity index is 338. The number of para-hydroxylation sites is 1. The molecule has 0 spiro atoms. The van der Waals surface area contributed by atoms with Gasteiger partial charge in [-0.1, -0.05) is 18.2 Å². The van der Waals surface area contributed by atoms with Crippen LogP contribution in [-0.2, 0) is 0 Å². The zero-order valence-electron chi connectivity index (χ0n) is 8.82. The van der Waals surface area contributed by atoms with E-state index in [9.17, 15) is 5.11 Å². The topological polar surface area (TPSA) is 29.5 Å². The minimum atomic E-state index is -0.730. The van der Waals surface area contributed by atoms with Gasteiger partial charge in [-0.15, -0.1) is 0 Å². The van der Waals surface area contributed by atoms with Crippen LogP contribution in [0.25, 0.3) is 0 Å². The molecular formula is C12H16O2. The summed E-state index contributed by atoms with van der Waals surface area (Å²) >= 11 is 0. The minimum absolute atomic E-state index is 0.0485. The monoisotopic (exact) mass is 192 g/mol. The molecule has 0 aliphatic carbocycles. The zero-order valence-corrected chi connectivity index (χ0v) is 8.82. The smallest absolute Gasteiger partial charge is 0.123 e. The van der Waals surface area contributed by atoms with Gasteiger partial charge in [-0.3, -0.25) is 0 Å².